The zero-order valence-corrected chi connectivity index (χ0v) is 9.48. The lowest BCUT2D eigenvalue weighted by atomic mass is 10.1. The molecule has 0 aromatic heterocycles. The van der Waals surface area contributed by atoms with E-state index in [1.165, 1.54) is 44.9 Å². The molecule has 0 spiro atoms. The van der Waals surface area contributed by atoms with Gasteiger partial charge in [-0.25, -0.2) is 0 Å². The van der Waals surface area contributed by atoms with Gasteiger partial charge in [-0.2, -0.15) is 0 Å². The van der Waals surface area contributed by atoms with E-state index in [2.05, 4.69) is 19.2 Å². The third kappa shape index (κ3) is 11.5. The van der Waals surface area contributed by atoms with E-state index >= 15 is 0 Å². The molecule has 0 saturated heterocycles. The summed E-state index contributed by atoms with van der Waals surface area (Å²) < 4.78 is 0. The van der Waals surface area contributed by atoms with Crippen LogP contribution in [-0.2, 0) is 4.79 Å². The van der Waals surface area contributed by atoms with Crippen LogP contribution in [0.4, 0.5) is 0 Å². The molecule has 0 aromatic rings. The van der Waals surface area contributed by atoms with Crippen molar-refractivity contribution in [2.45, 2.75) is 58.3 Å². The number of carbonyl (C=O) groups is 1. The van der Waals surface area contributed by atoms with Crippen LogP contribution in [0.25, 0.3) is 0 Å². The van der Waals surface area contributed by atoms with Crippen LogP contribution >= 0.6 is 0 Å². The van der Waals surface area contributed by atoms with Crippen molar-refractivity contribution in [3.8, 4) is 0 Å². The van der Waals surface area contributed by atoms with Gasteiger partial charge in [-0.05, 0) is 6.42 Å². The molecule has 0 bridgehead atoms. The van der Waals surface area contributed by atoms with Crippen molar-refractivity contribution in [1.29, 1.82) is 0 Å². The van der Waals surface area contributed by atoms with Crippen molar-refractivity contribution < 1.29 is 4.79 Å². The monoisotopic (exact) mass is 198 g/mol. The molecule has 0 rings (SSSR count). The summed E-state index contributed by atoms with van der Waals surface area (Å²) in [5, 5.41) is 2.71. The molecular weight excluding hydrogens is 174 g/mol. The minimum atomic E-state index is -0.159. The molecule has 1 radical (unpaired) electrons. The molecule has 0 aromatic carbocycles. The average Bonchev–Trinajstić information content (AvgIpc) is 2.15. The Morgan fingerprint density at radius 2 is 1.50 bits per heavy atom. The molecular formula is C12H24NO. The number of rotatable bonds is 9. The summed E-state index contributed by atoms with van der Waals surface area (Å²) in [6.45, 7) is 6.28. The Balaban J connectivity index is 2.88. The fraction of sp³-hybridized carbons (Fsp3) is 0.833. The fourth-order valence-electron chi connectivity index (χ4n) is 1.49. The Bertz CT molecular complexity index is 134. The van der Waals surface area contributed by atoms with E-state index in [9.17, 15) is 4.79 Å². The van der Waals surface area contributed by atoms with Crippen LogP contribution in [0.5, 0.6) is 0 Å². The standard InChI is InChI=1S/C12H24NO/c1-3-4-5-6-7-8-9-10-11-13-12(2)14/h2-11H2,1H3,(H,13,14). The topological polar surface area (TPSA) is 29.1 Å². The molecule has 0 aliphatic heterocycles. The maximum absolute atomic E-state index is 10.4. The lowest BCUT2D eigenvalue weighted by molar-refractivity contribution is -0.116. The van der Waals surface area contributed by atoms with Crippen LogP contribution in [0.2, 0.25) is 0 Å². The molecule has 1 N–H and O–H groups in total. The minimum Gasteiger partial charge on any atom is -0.356 e. The second-order valence-electron chi connectivity index (χ2n) is 3.82. The van der Waals surface area contributed by atoms with E-state index in [-0.39, 0.29) is 5.91 Å². The van der Waals surface area contributed by atoms with Gasteiger partial charge in [0.2, 0.25) is 5.91 Å². The quantitative estimate of drug-likeness (QED) is 0.567. The molecule has 2 heteroatoms. The number of unbranched alkanes of at least 4 members (excludes halogenated alkanes) is 7. The van der Waals surface area contributed by atoms with Crippen molar-refractivity contribution >= 4 is 5.91 Å². The Labute approximate surface area is 88.5 Å². The minimum absolute atomic E-state index is 0.159. The van der Waals surface area contributed by atoms with Crippen molar-refractivity contribution in [2.75, 3.05) is 6.54 Å². The third-order valence-electron chi connectivity index (χ3n) is 2.35. The molecule has 0 heterocycles. The van der Waals surface area contributed by atoms with Crippen molar-refractivity contribution in [3.05, 3.63) is 6.92 Å². The van der Waals surface area contributed by atoms with Gasteiger partial charge in [-0.1, -0.05) is 51.9 Å². The molecule has 1 amide bonds. The number of amides is 1. The summed E-state index contributed by atoms with van der Waals surface area (Å²) in [5.74, 6) is -0.159. The average molecular weight is 198 g/mol. The van der Waals surface area contributed by atoms with Gasteiger partial charge in [0, 0.05) is 13.5 Å². The maximum Gasteiger partial charge on any atom is 0.220 e. The van der Waals surface area contributed by atoms with Crippen LogP contribution in [0.1, 0.15) is 58.3 Å². The van der Waals surface area contributed by atoms with Gasteiger partial charge in [-0.15, -0.1) is 0 Å². The Kier molecular flexibility index (Phi) is 10.2. The third-order valence-corrected chi connectivity index (χ3v) is 2.35. The first-order valence-corrected chi connectivity index (χ1v) is 5.87. The molecule has 0 atom stereocenters. The van der Waals surface area contributed by atoms with Crippen LogP contribution in [0, 0.1) is 6.92 Å². The molecule has 2 nitrogen and oxygen atoms in total. The second-order valence-corrected chi connectivity index (χ2v) is 3.82. The second kappa shape index (κ2) is 10.6. The summed E-state index contributed by atoms with van der Waals surface area (Å²) in [7, 11) is 0. The van der Waals surface area contributed by atoms with Gasteiger partial charge in [0.1, 0.15) is 0 Å². The Hall–Kier alpha value is -0.530. The Morgan fingerprint density at radius 3 is 2.00 bits per heavy atom. The lowest BCUT2D eigenvalue weighted by Crippen LogP contribution is -2.20. The summed E-state index contributed by atoms with van der Waals surface area (Å²) >= 11 is 0. The molecule has 0 saturated carbocycles. The van der Waals surface area contributed by atoms with Crippen LogP contribution in [-0.4, -0.2) is 12.5 Å². The van der Waals surface area contributed by atoms with Gasteiger partial charge in [0.15, 0.2) is 0 Å². The first-order valence-electron chi connectivity index (χ1n) is 5.87. The van der Waals surface area contributed by atoms with Gasteiger partial charge in [0.25, 0.3) is 0 Å². The van der Waals surface area contributed by atoms with Crippen LogP contribution in [0.3, 0.4) is 0 Å². The zero-order valence-electron chi connectivity index (χ0n) is 9.48. The van der Waals surface area contributed by atoms with Gasteiger partial charge < -0.3 is 5.32 Å². The molecule has 0 aliphatic carbocycles. The largest absolute Gasteiger partial charge is 0.356 e. The van der Waals surface area contributed by atoms with Crippen molar-refractivity contribution in [3.63, 3.8) is 0 Å². The molecule has 0 aliphatic rings. The van der Waals surface area contributed by atoms with E-state index in [1.807, 2.05) is 0 Å². The molecule has 0 unspecified atom stereocenters. The summed E-state index contributed by atoms with van der Waals surface area (Å²) in [6, 6.07) is 0. The van der Waals surface area contributed by atoms with E-state index in [0.717, 1.165) is 13.0 Å². The summed E-state index contributed by atoms with van der Waals surface area (Å²) in [4.78, 5) is 10.4. The van der Waals surface area contributed by atoms with Crippen LogP contribution < -0.4 is 5.32 Å². The highest BCUT2D eigenvalue weighted by Gasteiger charge is 1.92. The van der Waals surface area contributed by atoms with Gasteiger partial charge >= 0.3 is 0 Å². The van der Waals surface area contributed by atoms with Crippen molar-refractivity contribution in [2.24, 2.45) is 0 Å². The SMILES string of the molecule is [CH2]C(=O)NCCCCCCCCCC. The van der Waals surface area contributed by atoms with Crippen LogP contribution in [0.15, 0.2) is 0 Å². The summed E-state index contributed by atoms with van der Waals surface area (Å²) in [6.07, 6.45) is 10.4. The molecule has 14 heavy (non-hydrogen) atoms. The maximum atomic E-state index is 10.4. The number of hydrogen-bond donors (Lipinski definition) is 1. The Morgan fingerprint density at radius 1 is 1.00 bits per heavy atom. The first kappa shape index (κ1) is 13.5. The smallest absolute Gasteiger partial charge is 0.220 e. The normalized spacial score (nSPS) is 10.1. The first-order chi connectivity index (χ1) is 6.77. The molecule has 0 fully saturated rings. The summed E-state index contributed by atoms with van der Waals surface area (Å²) in [5.41, 5.74) is 0. The number of nitrogens with one attached hydrogen (secondary N) is 1. The van der Waals surface area contributed by atoms with E-state index < -0.39 is 0 Å². The van der Waals surface area contributed by atoms with E-state index in [0.29, 0.717) is 0 Å². The number of carbonyl (C=O) groups excluding carboxylic acids is 1. The molecule has 83 valence electrons. The van der Waals surface area contributed by atoms with E-state index in [1.54, 1.807) is 0 Å². The highest BCUT2D eigenvalue weighted by molar-refractivity contribution is 5.79. The zero-order chi connectivity index (χ0) is 10.6. The van der Waals surface area contributed by atoms with Crippen molar-refractivity contribution in [1.82, 2.24) is 5.32 Å². The lowest BCUT2D eigenvalue weighted by Gasteiger charge is -2.02. The highest BCUT2D eigenvalue weighted by Crippen LogP contribution is 2.07. The fourth-order valence-corrected chi connectivity index (χ4v) is 1.49. The predicted molar refractivity (Wildman–Crippen MR) is 61.0 cm³/mol. The van der Waals surface area contributed by atoms with Gasteiger partial charge in [0.05, 0.1) is 0 Å². The van der Waals surface area contributed by atoms with E-state index in [4.69, 9.17) is 0 Å². The number of hydrogen-bond acceptors (Lipinski definition) is 1. The highest BCUT2D eigenvalue weighted by atomic mass is 16.1. The van der Waals surface area contributed by atoms with Gasteiger partial charge in [-0.3, -0.25) is 4.79 Å². The predicted octanol–water partition coefficient (Wildman–Crippen LogP) is 3.08.